The number of aliphatic imine (C=N–C) groups is 1. The van der Waals surface area contributed by atoms with Crippen LogP contribution in [-0.2, 0) is 16.0 Å². The summed E-state index contributed by atoms with van der Waals surface area (Å²) < 4.78 is 9.94. The predicted octanol–water partition coefficient (Wildman–Crippen LogP) is 1.51. The largest absolute Gasteiger partial charge is 0.490 e. The van der Waals surface area contributed by atoms with E-state index in [9.17, 15) is 14.9 Å². The minimum atomic E-state index is -0.562. The number of carbonyl (C=O) groups is 1. The third-order valence-corrected chi connectivity index (χ3v) is 2.98. The van der Waals surface area contributed by atoms with Crippen LogP contribution in [0.1, 0.15) is 18.1 Å². The van der Waals surface area contributed by atoms with Crippen molar-refractivity contribution in [2.45, 2.75) is 13.3 Å². The van der Waals surface area contributed by atoms with Gasteiger partial charge in [-0.3, -0.25) is 15.1 Å². The van der Waals surface area contributed by atoms with Crippen LogP contribution in [0.3, 0.4) is 0 Å². The molecule has 20 heavy (non-hydrogen) atoms. The van der Waals surface area contributed by atoms with Crippen LogP contribution >= 0.6 is 0 Å². The van der Waals surface area contributed by atoms with Crippen molar-refractivity contribution in [3.63, 3.8) is 0 Å². The zero-order valence-electron chi connectivity index (χ0n) is 11.2. The average Bonchev–Trinajstić information content (AvgIpc) is 2.45. The van der Waals surface area contributed by atoms with Gasteiger partial charge in [0.25, 0.3) is 0 Å². The maximum atomic E-state index is 11.8. The fourth-order valence-corrected chi connectivity index (χ4v) is 2.09. The summed E-state index contributed by atoms with van der Waals surface area (Å²) in [6, 6.07) is 2.91. The molecule has 0 N–H and O–H groups in total. The summed E-state index contributed by atoms with van der Waals surface area (Å²) in [6.45, 7) is 2.37. The first kappa shape index (κ1) is 14.0. The number of ether oxygens (including phenoxy) is 2. The number of benzene rings is 1. The van der Waals surface area contributed by atoms with Gasteiger partial charge in [-0.2, -0.15) is 0 Å². The van der Waals surface area contributed by atoms with Crippen LogP contribution in [0.4, 0.5) is 5.69 Å². The Balaban J connectivity index is 2.52. The van der Waals surface area contributed by atoms with Gasteiger partial charge in [-0.25, -0.2) is 4.79 Å². The fourth-order valence-electron chi connectivity index (χ4n) is 2.09. The summed E-state index contributed by atoms with van der Waals surface area (Å²) in [7, 11) is 1.37. The van der Waals surface area contributed by atoms with E-state index in [1.807, 2.05) is 0 Å². The van der Waals surface area contributed by atoms with E-state index in [0.29, 0.717) is 18.5 Å². The second kappa shape index (κ2) is 5.68. The molecular formula is C13H14N2O5. The Hall–Kier alpha value is -2.44. The molecule has 0 saturated carbocycles. The van der Waals surface area contributed by atoms with E-state index < -0.39 is 10.9 Å². The highest BCUT2D eigenvalue weighted by molar-refractivity contribution is 6.44. The maximum absolute atomic E-state index is 11.8. The lowest BCUT2D eigenvalue weighted by molar-refractivity contribution is -0.385. The van der Waals surface area contributed by atoms with Gasteiger partial charge in [0.1, 0.15) is 0 Å². The average molecular weight is 278 g/mol. The third kappa shape index (κ3) is 2.47. The molecule has 1 aliphatic rings. The van der Waals surface area contributed by atoms with E-state index in [1.165, 1.54) is 13.2 Å². The number of hydrogen-bond donors (Lipinski definition) is 0. The monoisotopic (exact) mass is 278 g/mol. The number of rotatable bonds is 4. The van der Waals surface area contributed by atoms with Crippen molar-refractivity contribution in [1.29, 1.82) is 0 Å². The Morgan fingerprint density at radius 3 is 2.85 bits per heavy atom. The van der Waals surface area contributed by atoms with E-state index in [-0.39, 0.29) is 23.8 Å². The summed E-state index contributed by atoms with van der Waals surface area (Å²) in [6.07, 6.45) is 0.604. The number of esters is 1. The molecular weight excluding hydrogens is 264 g/mol. The standard InChI is InChI=1S/C13H14N2O5/c1-3-20-13(16)12-9-7-10(15(17)18)11(19-2)6-8(9)4-5-14-12/h6-7H,3-5H2,1-2H3. The second-order valence-electron chi connectivity index (χ2n) is 4.14. The highest BCUT2D eigenvalue weighted by atomic mass is 16.6. The molecule has 2 rings (SSSR count). The lowest BCUT2D eigenvalue weighted by Crippen LogP contribution is -2.24. The van der Waals surface area contributed by atoms with Crippen molar-refractivity contribution in [1.82, 2.24) is 0 Å². The van der Waals surface area contributed by atoms with Gasteiger partial charge >= 0.3 is 11.7 Å². The summed E-state index contributed by atoms with van der Waals surface area (Å²) >= 11 is 0. The molecule has 0 unspecified atom stereocenters. The molecule has 0 radical (unpaired) electrons. The van der Waals surface area contributed by atoms with E-state index in [2.05, 4.69) is 4.99 Å². The summed E-state index contributed by atoms with van der Waals surface area (Å²) in [5, 5.41) is 11.0. The zero-order chi connectivity index (χ0) is 14.7. The number of nitro benzene ring substituents is 1. The molecule has 1 aromatic carbocycles. The van der Waals surface area contributed by atoms with Crippen molar-refractivity contribution in [2.24, 2.45) is 4.99 Å². The molecule has 0 aliphatic carbocycles. The summed E-state index contributed by atoms with van der Waals surface area (Å²) in [5.74, 6) is -0.383. The van der Waals surface area contributed by atoms with E-state index in [0.717, 1.165) is 5.56 Å². The molecule has 0 aromatic heterocycles. The molecule has 0 atom stereocenters. The number of nitrogens with zero attached hydrogens (tertiary/aromatic N) is 2. The number of hydrogen-bond acceptors (Lipinski definition) is 6. The van der Waals surface area contributed by atoms with Gasteiger partial charge in [0.15, 0.2) is 11.5 Å². The molecule has 1 aliphatic heterocycles. The Kier molecular flexibility index (Phi) is 3.97. The topological polar surface area (TPSA) is 91.0 Å². The molecule has 1 aromatic rings. The maximum Gasteiger partial charge on any atom is 0.357 e. The molecule has 1 heterocycles. The number of fused-ring (bicyclic) bond motifs is 1. The van der Waals surface area contributed by atoms with Crippen LogP contribution in [0.5, 0.6) is 5.75 Å². The van der Waals surface area contributed by atoms with E-state index in [1.54, 1.807) is 13.0 Å². The van der Waals surface area contributed by atoms with Gasteiger partial charge in [-0.05, 0) is 25.0 Å². The van der Waals surface area contributed by atoms with Crippen LogP contribution < -0.4 is 4.74 Å². The number of methoxy groups -OCH3 is 1. The lowest BCUT2D eigenvalue weighted by atomic mass is 9.96. The van der Waals surface area contributed by atoms with Gasteiger partial charge < -0.3 is 9.47 Å². The fraction of sp³-hybridized carbons (Fsp3) is 0.385. The first-order valence-corrected chi connectivity index (χ1v) is 6.15. The molecule has 106 valence electrons. The van der Waals surface area contributed by atoms with Crippen molar-refractivity contribution in [3.8, 4) is 5.75 Å². The van der Waals surface area contributed by atoms with Gasteiger partial charge in [-0.15, -0.1) is 0 Å². The van der Waals surface area contributed by atoms with Gasteiger partial charge in [-0.1, -0.05) is 0 Å². The molecule has 0 amide bonds. The van der Waals surface area contributed by atoms with Crippen molar-refractivity contribution in [3.05, 3.63) is 33.4 Å². The van der Waals surface area contributed by atoms with Crippen molar-refractivity contribution < 1.29 is 19.2 Å². The quantitative estimate of drug-likeness (QED) is 0.473. The second-order valence-corrected chi connectivity index (χ2v) is 4.14. The minimum absolute atomic E-state index is 0.138. The highest BCUT2D eigenvalue weighted by Gasteiger charge is 2.27. The summed E-state index contributed by atoms with van der Waals surface area (Å²) in [5.41, 5.74) is 1.19. The summed E-state index contributed by atoms with van der Waals surface area (Å²) in [4.78, 5) is 26.5. The Labute approximate surface area is 115 Å². The van der Waals surface area contributed by atoms with Crippen molar-refractivity contribution >= 4 is 17.4 Å². The molecule has 7 heteroatoms. The van der Waals surface area contributed by atoms with Crippen LogP contribution in [-0.4, -0.2) is 36.9 Å². The van der Waals surface area contributed by atoms with Gasteiger partial charge in [0.2, 0.25) is 0 Å². The smallest absolute Gasteiger partial charge is 0.357 e. The molecule has 7 nitrogen and oxygen atoms in total. The Bertz CT molecular complexity index is 595. The highest BCUT2D eigenvalue weighted by Crippen LogP contribution is 2.32. The van der Waals surface area contributed by atoms with E-state index in [4.69, 9.17) is 9.47 Å². The van der Waals surface area contributed by atoms with Crippen molar-refractivity contribution in [2.75, 3.05) is 20.3 Å². The van der Waals surface area contributed by atoms with Gasteiger partial charge in [0.05, 0.1) is 18.6 Å². The van der Waals surface area contributed by atoms with Crippen LogP contribution in [0.2, 0.25) is 0 Å². The molecule has 0 saturated heterocycles. The third-order valence-electron chi connectivity index (χ3n) is 2.98. The zero-order valence-corrected chi connectivity index (χ0v) is 11.2. The van der Waals surface area contributed by atoms with Crippen LogP contribution in [0.15, 0.2) is 17.1 Å². The predicted molar refractivity (Wildman–Crippen MR) is 71.4 cm³/mol. The first-order valence-electron chi connectivity index (χ1n) is 6.15. The number of carbonyl (C=O) groups excluding carboxylic acids is 1. The van der Waals surface area contributed by atoms with Gasteiger partial charge in [0, 0.05) is 18.2 Å². The molecule has 0 spiro atoms. The van der Waals surface area contributed by atoms with E-state index >= 15 is 0 Å². The molecule has 0 fully saturated rings. The molecule has 0 bridgehead atoms. The Morgan fingerprint density at radius 2 is 2.25 bits per heavy atom. The van der Waals surface area contributed by atoms with Crippen LogP contribution in [0, 0.1) is 10.1 Å². The lowest BCUT2D eigenvalue weighted by Gasteiger charge is -2.16. The minimum Gasteiger partial charge on any atom is -0.490 e. The van der Waals surface area contributed by atoms with Crippen LogP contribution in [0.25, 0.3) is 0 Å². The first-order chi connectivity index (χ1) is 9.58. The SMILES string of the molecule is CCOC(=O)C1=NCCc2cc(OC)c([N+](=O)[O-])cc21. The normalized spacial score (nSPS) is 13.2. The number of nitro groups is 1. The Morgan fingerprint density at radius 1 is 1.50 bits per heavy atom.